The Labute approximate surface area is 338 Å². The van der Waals surface area contributed by atoms with Crippen LogP contribution in [0.15, 0.2) is 130 Å². The number of anilines is 3. The summed E-state index contributed by atoms with van der Waals surface area (Å²) in [7, 11) is 0. The van der Waals surface area contributed by atoms with Gasteiger partial charge >= 0.3 is 0 Å². The number of hydrogen-bond acceptors (Lipinski definition) is 14. The van der Waals surface area contributed by atoms with Crippen molar-refractivity contribution >= 4 is 95.6 Å². The van der Waals surface area contributed by atoms with Crippen molar-refractivity contribution in [1.29, 1.82) is 10.5 Å². The highest BCUT2D eigenvalue weighted by molar-refractivity contribution is 8.00. The van der Waals surface area contributed by atoms with E-state index in [2.05, 4.69) is 31.3 Å². The smallest absolute Gasteiger partial charge is 0.173 e. The lowest BCUT2D eigenvalue weighted by atomic mass is 10.2. The summed E-state index contributed by atoms with van der Waals surface area (Å²) in [6.45, 7) is 0. The number of pyridine rings is 2. The number of aromatic nitrogens is 4. The van der Waals surface area contributed by atoms with E-state index in [1.807, 2.05) is 128 Å². The molecule has 0 saturated carbocycles. The SMILES string of the molecule is CSc1nc2ncc(C#N)c(Cl)c2s1.CSc1nc2ncc(C#N)c(Nc3ccc(Oc4ccccc4)cc3)c2s1.Nc1ccc(Oc2ccccc2)cc1. The Morgan fingerprint density at radius 2 is 1.09 bits per heavy atom. The summed E-state index contributed by atoms with van der Waals surface area (Å²) in [6.07, 6.45) is 6.92. The zero-order chi connectivity index (χ0) is 38.6. The fourth-order valence-corrected chi connectivity index (χ4v) is 7.95. The van der Waals surface area contributed by atoms with Gasteiger partial charge in [-0.05, 0) is 85.3 Å². The summed E-state index contributed by atoms with van der Waals surface area (Å²) in [5.41, 5.74) is 10.0. The third-order valence-electron chi connectivity index (χ3n) is 7.30. The predicted molar refractivity (Wildman–Crippen MR) is 226 cm³/mol. The number of nitrogens with one attached hydrogen (secondary N) is 1. The average Bonchev–Trinajstić information content (AvgIpc) is 3.86. The normalized spacial score (nSPS) is 10.3. The highest BCUT2D eigenvalue weighted by Gasteiger charge is 2.15. The maximum Gasteiger partial charge on any atom is 0.173 e. The first-order valence-electron chi connectivity index (χ1n) is 16.2. The van der Waals surface area contributed by atoms with E-state index in [0.29, 0.717) is 27.4 Å². The highest BCUT2D eigenvalue weighted by atomic mass is 35.5. The van der Waals surface area contributed by atoms with Crippen LogP contribution < -0.4 is 20.5 Å². The number of nitrogens with two attached hydrogens (primary N) is 1. The molecule has 0 spiro atoms. The van der Waals surface area contributed by atoms with Gasteiger partial charge < -0.3 is 20.5 Å². The predicted octanol–water partition coefficient (Wildman–Crippen LogP) is 11.8. The van der Waals surface area contributed by atoms with Crippen molar-refractivity contribution < 1.29 is 9.47 Å². The molecule has 0 aliphatic rings. The van der Waals surface area contributed by atoms with Crippen molar-refractivity contribution in [2.24, 2.45) is 0 Å². The third-order valence-corrected chi connectivity index (χ3v) is 11.9. The minimum atomic E-state index is 0.399. The lowest BCUT2D eigenvalue weighted by Gasteiger charge is -2.10. The molecular weight excluding hydrogens is 788 g/mol. The van der Waals surface area contributed by atoms with Crippen molar-refractivity contribution in [3.8, 4) is 35.1 Å². The van der Waals surface area contributed by atoms with Crippen molar-refractivity contribution in [1.82, 2.24) is 19.9 Å². The second-order valence-electron chi connectivity index (χ2n) is 11.0. The molecule has 3 N–H and O–H groups in total. The topological polar surface area (TPSA) is 156 Å². The quantitative estimate of drug-likeness (QED) is 0.111. The fourth-order valence-electron chi connectivity index (χ4n) is 4.68. The molecule has 272 valence electrons. The second-order valence-corrected chi connectivity index (χ2v) is 15.5. The van der Waals surface area contributed by atoms with Crippen molar-refractivity contribution in [2.45, 2.75) is 8.68 Å². The Hall–Kier alpha value is -5.87. The molecule has 10 nitrogen and oxygen atoms in total. The minimum Gasteiger partial charge on any atom is -0.457 e. The van der Waals surface area contributed by atoms with Crippen molar-refractivity contribution in [3.63, 3.8) is 0 Å². The molecule has 0 amide bonds. The fraction of sp³-hybridized carbons (Fsp3) is 0.0500. The standard InChI is InChI=1S/C20H14N4OS2.C12H11NO.C8H4ClN3S2/c1-26-20-24-19-18(27-20)17(13(11-21)12-22-19)23-14-7-9-16(10-8-14)25-15-5-3-2-4-6-15;13-10-6-8-12(9-7-10)14-11-4-2-1-3-5-11;1-13-8-12-7-6(14-8)5(9)4(2-10)3-11-7/h2-10,12H,1H3,(H,22,23);1-9H,13H2;3H,1H3. The van der Waals surface area contributed by atoms with Gasteiger partial charge in [0.15, 0.2) is 20.0 Å². The summed E-state index contributed by atoms with van der Waals surface area (Å²) in [6, 6.07) is 38.4. The Bertz CT molecular complexity index is 2590. The van der Waals surface area contributed by atoms with Crippen molar-refractivity contribution in [3.05, 3.63) is 138 Å². The molecule has 8 rings (SSSR count). The van der Waals surface area contributed by atoms with E-state index < -0.39 is 0 Å². The summed E-state index contributed by atoms with van der Waals surface area (Å²) < 4.78 is 14.9. The van der Waals surface area contributed by atoms with Gasteiger partial charge in [0.2, 0.25) is 0 Å². The van der Waals surface area contributed by atoms with Crippen molar-refractivity contribution in [2.75, 3.05) is 23.6 Å². The maximum absolute atomic E-state index is 9.46. The summed E-state index contributed by atoms with van der Waals surface area (Å²) >= 11 is 12.1. The average molecular weight is 817 g/mol. The molecule has 0 aliphatic heterocycles. The van der Waals surface area contributed by atoms with Crippen LogP contribution in [0.5, 0.6) is 23.0 Å². The van der Waals surface area contributed by atoms with E-state index in [9.17, 15) is 5.26 Å². The zero-order valence-corrected chi connectivity index (χ0v) is 33.2. The lowest BCUT2D eigenvalue weighted by Crippen LogP contribution is -1.95. The van der Waals surface area contributed by atoms with Gasteiger partial charge in [-0.15, -0.1) is 22.7 Å². The van der Waals surface area contributed by atoms with E-state index in [0.717, 1.165) is 58.1 Å². The van der Waals surface area contributed by atoms with E-state index in [-0.39, 0.29) is 0 Å². The molecule has 55 heavy (non-hydrogen) atoms. The first-order chi connectivity index (χ1) is 26.9. The molecule has 0 saturated heterocycles. The molecule has 0 bridgehead atoms. The van der Waals surface area contributed by atoms with E-state index in [1.165, 1.54) is 28.9 Å². The number of nitrogens with zero attached hydrogens (tertiary/aromatic N) is 6. The molecule has 0 unspecified atom stereocenters. The van der Waals surface area contributed by atoms with Gasteiger partial charge in [0.25, 0.3) is 0 Å². The van der Waals surface area contributed by atoms with Gasteiger partial charge in [0, 0.05) is 23.8 Å². The summed E-state index contributed by atoms with van der Waals surface area (Å²) in [5.74, 6) is 3.16. The third kappa shape index (κ3) is 10.2. The van der Waals surface area contributed by atoms with Crippen LogP contribution in [0.4, 0.5) is 17.1 Å². The maximum atomic E-state index is 9.46. The summed E-state index contributed by atoms with van der Waals surface area (Å²) in [4.78, 5) is 17.1. The molecule has 4 aromatic carbocycles. The highest BCUT2D eigenvalue weighted by Crippen LogP contribution is 2.37. The second kappa shape index (κ2) is 18.9. The number of nitriles is 2. The molecule has 4 heterocycles. The number of fused-ring (bicyclic) bond motifs is 2. The monoisotopic (exact) mass is 816 g/mol. The number of ether oxygens (including phenoxy) is 2. The van der Waals surface area contributed by atoms with Crippen LogP contribution in [-0.4, -0.2) is 32.4 Å². The van der Waals surface area contributed by atoms with Gasteiger partial charge in [-0.2, -0.15) is 10.5 Å². The number of rotatable bonds is 8. The number of thiazole rings is 2. The van der Waals surface area contributed by atoms with Crippen LogP contribution in [0.2, 0.25) is 5.02 Å². The van der Waals surface area contributed by atoms with Crippen LogP contribution in [0.25, 0.3) is 20.7 Å². The Morgan fingerprint density at radius 1 is 0.636 bits per heavy atom. The Balaban J connectivity index is 0.000000155. The van der Waals surface area contributed by atoms with Gasteiger partial charge in [0.05, 0.1) is 31.2 Å². The number of nitrogen functional groups attached to an aromatic ring is 1. The first-order valence-corrected chi connectivity index (χ1v) is 20.6. The molecule has 0 fully saturated rings. The van der Waals surface area contributed by atoms with E-state index in [4.69, 9.17) is 32.1 Å². The molecule has 0 atom stereocenters. The molecule has 0 radical (unpaired) electrons. The van der Waals surface area contributed by atoms with Crippen LogP contribution >= 0.6 is 57.8 Å². The lowest BCUT2D eigenvalue weighted by molar-refractivity contribution is 0.482. The molecule has 15 heteroatoms. The van der Waals surface area contributed by atoms with Gasteiger partial charge in [-0.3, -0.25) is 0 Å². The zero-order valence-electron chi connectivity index (χ0n) is 29.1. The number of hydrogen-bond donors (Lipinski definition) is 2. The summed E-state index contributed by atoms with van der Waals surface area (Å²) in [5, 5.41) is 22.0. The van der Waals surface area contributed by atoms with E-state index >= 15 is 0 Å². The number of halogens is 1. The van der Waals surface area contributed by atoms with Gasteiger partial charge in [-0.25, -0.2) is 19.9 Å². The van der Waals surface area contributed by atoms with Gasteiger partial charge in [-0.1, -0.05) is 71.5 Å². The van der Waals surface area contributed by atoms with Crippen LogP contribution in [0, 0.1) is 22.7 Å². The Kier molecular flexibility index (Phi) is 13.4. The van der Waals surface area contributed by atoms with Crippen LogP contribution in [-0.2, 0) is 0 Å². The Morgan fingerprint density at radius 3 is 1.60 bits per heavy atom. The number of thioether (sulfide) groups is 2. The van der Waals surface area contributed by atoms with Crippen LogP contribution in [0.1, 0.15) is 11.1 Å². The largest absolute Gasteiger partial charge is 0.457 e. The number of para-hydroxylation sites is 2. The minimum absolute atomic E-state index is 0.399. The molecule has 4 aromatic heterocycles. The molecule has 8 aromatic rings. The van der Waals surface area contributed by atoms with Gasteiger partial charge in [0.1, 0.15) is 35.1 Å². The van der Waals surface area contributed by atoms with Crippen LogP contribution in [0.3, 0.4) is 0 Å². The van der Waals surface area contributed by atoms with E-state index in [1.54, 1.807) is 29.7 Å². The first kappa shape index (κ1) is 38.8. The number of benzene rings is 4. The molecule has 0 aliphatic carbocycles. The molecular formula is C40H29ClN8O2S4.